The van der Waals surface area contributed by atoms with Crippen molar-refractivity contribution in [1.29, 1.82) is 0 Å². The van der Waals surface area contributed by atoms with Crippen LogP contribution in [0.3, 0.4) is 0 Å². The molecular weight excluding hydrogens is 535 g/mol. The van der Waals surface area contributed by atoms with E-state index < -0.39 is 35.9 Å². The number of fused-ring (bicyclic) bond motifs is 3. The SMILES string of the molecule is CC/C(=C\c1ccc(O)cc1Cl)CC[C@H]1OB(O)C[C@H]2C1=C(C)C[C@H]1C(=O)N(c3cccc([N+](=O)[O-])c3)C(=O)[C@H]12. The average molecular weight is 565 g/mol. The van der Waals surface area contributed by atoms with Gasteiger partial charge in [0.05, 0.1) is 33.6 Å². The molecule has 0 aromatic heterocycles. The van der Waals surface area contributed by atoms with Gasteiger partial charge in [0.15, 0.2) is 0 Å². The zero-order chi connectivity index (χ0) is 28.7. The molecule has 2 aromatic rings. The fourth-order valence-electron chi connectivity index (χ4n) is 6.44. The second-order valence-electron chi connectivity index (χ2n) is 10.7. The minimum Gasteiger partial charge on any atom is -0.508 e. The van der Waals surface area contributed by atoms with Gasteiger partial charge in [0.1, 0.15) is 5.75 Å². The third kappa shape index (κ3) is 5.19. The Morgan fingerprint density at radius 2 is 2.00 bits per heavy atom. The summed E-state index contributed by atoms with van der Waals surface area (Å²) < 4.78 is 6.00. The van der Waals surface area contributed by atoms with Gasteiger partial charge >= 0.3 is 7.12 Å². The third-order valence-corrected chi connectivity index (χ3v) is 8.60. The number of benzene rings is 2. The standard InChI is InChI=1S/C29H30BClN2O7/c1-3-17(12-18-8-9-21(34)14-24(18)31)7-10-25-26-16(2)11-22-27(23(26)15-30(37)40-25)29(36)32(28(22)35)19-5-4-6-20(13-19)33(38)39/h4-6,8-9,12-14,22-23,25,27,34,37H,3,7,10-11,15H2,1-2H3/b17-12+/t22-,23+,25-,27-/m1/s1. The summed E-state index contributed by atoms with van der Waals surface area (Å²) in [6.45, 7) is 3.99. The normalized spacial score (nSPS) is 24.9. The molecular formula is C29H30BClN2O7. The molecule has 0 unspecified atom stereocenters. The number of rotatable bonds is 7. The van der Waals surface area contributed by atoms with Gasteiger partial charge in [0.25, 0.3) is 5.69 Å². The summed E-state index contributed by atoms with van der Waals surface area (Å²) in [5.41, 5.74) is 3.85. The van der Waals surface area contributed by atoms with Crippen LogP contribution in [0.5, 0.6) is 5.75 Å². The molecule has 0 bridgehead atoms. The number of allylic oxidation sites excluding steroid dienone is 2. The predicted octanol–water partition coefficient (Wildman–Crippen LogP) is 5.55. The number of phenols is 1. The van der Waals surface area contributed by atoms with Crippen molar-refractivity contribution in [2.45, 2.75) is 52.0 Å². The summed E-state index contributed by atoms with van der Waals surface area (Å²) in [6.07, 6.45) is 4.17. The molecule has 2 N–H and O–H groups in total. The van der Waals surface area contributed by atoms with Gasteiger partial charge in [-0.2, -0.15) is 0 Å². The van der Waals surface area contributed by atoms with E-state index in [1.54, 1.807) is 12.1 Å². The third-order valence-electron chi connectivity index (χ3n) is 8.28. The van der Waals surface area contributed by atoms with Gasteiger partial charge in [0, 0.05) is 12.1 Å². The lowest BCUT2D eigenvalue weighted by atomic mass is 9.59. The number of hydrogen-bond donors (Lipinski definition) is 2. The van der Waals surface area contributed by atoms with E-state index in [4.69, 9.17) is 16.3 Å². The number of imide groups is 1. The van der Waals surface area contributed by atoms with Crippen LogP contribution in [0.15, 0.2) is 59.2 Å². The van der Waals surface area contributed by atoms with Crippen molar-refractivity contribution >= 4 is 48.0 Å². The summed E-state index contributed by atoms with van der Waals surface area (Å²) in [6, 6.07) is 10.4. The van der Waals surface area contributed by atoms with Crippen LogP contribution in [0.4, 0.5) is 11.4 Å². The monoisotopic (exact) mass is 564 g/mol. The van der Waals surface area contributed by atoms with Crippen molar-refractivity contribution in [3.63, 3.8) is 0 Å². The zero-order valence-corrected chi connectivity index (χ0v) is 23.0. The maximum absolute atomic E-state index is 13.7. The first-order valence-corrected chi connectivity index (χ1v) is 13.8. The Kier molecular flexibility index (Phi) is 7.86. The number of anilines is 1. The highest BCUT2D eigenvalue weighted by Crippen LogP contribution is 2.51. The molecule has 11 heteroatoms. The Hall–Kier alpha value is -3.47. The lowest BCUT2D eigenvalue weighted by molar-refractivity contribution is -0.384. The molecule has 2 aliphatic heterocycles. The topological polar surface area (TPSA) is 130 Å². The van der Waals surface area contributed by atoms with Gasteiger partial charge in [-0.05, 0) is 80.2 Å². The number of halogens is 1. The van der Waals surface area contributed by atoms with Crippen molar-refractivity contribution < 1.29 is 29.3 Å². The molecule has 2 amide bonds. The molecule has 9 nitrogen and oxygen atoms in total. The summed E-state index contributed by atoms with van der Waals surface area (Å²) >= 11 is 6.30. The molecule has 2 fully saturated rings. The maximum Gasteiger partial charge on any atom is 0.455 e. The van der Waals surface area contributed by atoms with E-state index in [1.807, 2.05) is 19.9 Å². The van der Waals surface area contributed by atoms with Gasteiger partial charge in [-0.15, -0.1) is 0 Å². The van der Waals surface area contributed by atoms with Crippen molar-refractivity contribution in [1.82, 2.24) is 0 Å². The highest BCUT2D eigenvalue weighted by atomic mass is 35.5. The number of phenolic OH excluding ortho intramolecular Hbond substituents is 1. The van der Waals surface area contributed by atoms with E-state index in [0.29, 0.717) is 24.3 Å². The Labute approximate surface area is 237 Å². The molecule has 2 saturated heterocycles. The Morgan fingerprint density at radius 1 is 1.23 bits per heavy atom. The van der Waals surface area contributed by atoms with Gasteiger partial charge in [-0.25, -0.2) is 4.90 Å². The molecule has 0 radical (unpaired) electrons. The van der Waals surface area contributed by atoms with Crippen molar-refractivity contribution in [3.05, 3.63) is 79.9 Å². The first-order chi connectivity index (χ1) is 19.1. The molecule has 208 valence electrons. The number of nitro benzene ring substituents is 1. The first-order valence-electron chi connectivity index (χ1n) is 13.4. The van der Waals surface area contributed by atoms with Crippen LogP contribution < -0.4 is 4.90 Å². The van der Waals surface area contributed by atoms with E-state index in [0.717, 1.165) is 33.6 Å². The number of aromatic hydroxyl groups is 1. The maximum atomic E-state index is 13.7. The van der Waals surface area contributed by atoms with Gasteiger partial charge in [-0.1, -0.05) is 41.8 Å². The Morgan fingerprint density at radius 3 is 2.70 bits per heavy atom. The number of carbonyl (C=O) groups is 2. The number of hydrogen-bond acceptors (Lipinski definition) is 7. The molecule has 40 heavy (non-hydrogen) atoms. The number of nitro groups is 1. The number of nitrogens with zero attached hydrogens (tertiary/aromatic N) is 2. The van der Waals surface area contributed by atoms with Gasteiger partial charge in [0.2, 0.25) is 11.8 Å². The van der Waals surface area contributed by atoms with Crippen LogP contribution in [0, 0.1) is 27.9 Å². The molecule has 4 atom stereocenters. The highest BCUT2D eigenvalue weighted by Gasteiger charge is 2.57. The molecule has 5 rings (SSSR count). The molecule has 0 saturated carbocycles. The van der Waals surface area contributed by atoms with Crippen LogP contribution in [-0.4, -0.2) is 40.1 Å². The van der Waals surface area contributed by atoms with E-state index in [1.165, 1.54) is 30.3 Å². The molecule has 0 spiro atoms. The largest absolute Gasteiger partial charge is 0.508 e. The molecule has 3 aliphatic rings. The Balaban J connectivity index is 1.40. The van der Waals surface area contributed by atoms with Crippen LogP contribution >= 0.6 is 11.6 Å². The lowest BCUT2D eigenvalue weighted by Gasteiger charge is -2.42. The summed E-state index contributed by atoms with van der Waals surface area (Å²) in [5.74, 6) is -2.29. The number of carbonyl (C=O) groups excluding carboxylic acids is 2. The molecule has 2 aromatic carbocycles. The molecule has 2 heterocycles. The summed E-state index contributed by atoms with van der Waals surface area (Å²) in [7, 11) is -1.08. The zero-order valence-electron chi connectivity index (χ0n) is 22.2. The fourth-order valence-corrected chi connectivity index (χ4v) is 6.67. The minimum absolute atomic E-state index is 0.0952. The second kappa shape index (κ2) is 11.2. The average Bonchev–Trinajstić information content (AvgIpc) is 3.16. The Bertz CT molecular complexity index is 1440. The lowest BCUT2D eigenvalue weighted by Crippen LogP contribution is -2.46. The van der Waals surface area contributed by atoms with E-state index in [9.17, 15) is 29.8 Å². The van der Waals surface area contributed by atoms with Crippen molar-refractivity contribution in [3.8, 4) is 5.75 Å². The smallest absolute Gasteiger partial charge is 0.455 e. The fraction of sp³-hybridized carbons (Fsp3) is 0.379. The number of non-ortho nitro benzene ring substituents is 1. The van der Waals surface area contributed by atoms with Gasteiger partial charge < -0.3 is 14.8 Å². The first kappa shape index (κ1) is 28.1. The summed E-state index contributed by atoms with van der Waals surface area (Å²) in [5, 5.41) is 32.1. The van der Waals surface area contributed by atoms with Crippen LogP contribution in [0.1, 0.15) is 45.1 Å². The van der Waals surface area contributed by atoms with E-state index >= 15 is 0 Å². The van der Waals surface area contributed by atoms with Crippen LogP contribution in [0.2, 0.25) is 11.3 Å². The van der Waals surface area contributed by atoms with E-state index in [-0.39, 0.29) is 35.3 Å². The number of amides is 2. The van der Waals surface area contributed by atoms with Crippen molar-refractivity contribution in [2.24, 2.45) is 17.8 Å². The minimum atomic E-state index is -1.08. The second-order valence-corrected chi connectivity index (χ2v) is 11.1. The van der Waals surface area contributed by atoms with Crippen LogP contribution in [-0.2, 0) is 14.2 Å². The van der Waals surface area contributed by atoms with E-state index in [2.05, 4.69) is 0 Å². The highest BCUT2D eigenvalue weighted by molar-refractivity contribution is 6.43. The van der Waals surface area contributed by atoms with Gasteiger partial charge in [-0.3, -0.25) is 19.7 Å². The van der Waals surface area contributed by atoms with Crippen LogP contribution in [0.25, 0.3) is 6.08 Å². The molecule has 1 aliphatic carbocycles. The summed E-state index contributed by atoms with van der Waals surface area (Å²) in [4.78, 5) is 39.0. The predicted molar refractivity (Wildman–Crippen MR) is 152 cm³/mol. The van der Waals surface area contributed by atoms with Crippen molar-refractivity contribution in [2.75, 3.05) is 4.90 Å². The quantitative estimate of drug-likeness (QED) is 0.148.